The van der Waals surface area contributed by atoms with Crippen LogP contribution in [0, 0.1) is 0 Å². The van der Waals surface area contributed by atoms with Gasteiger partial charge < -0.3 is 0 Å². The van der Waals surface area contributed by atoms with Crippen molar-refractivity contribution in [1.29, 1.82) is 0 Å². The highest BCUT2D eigenvalue weighted by atomic mass is 16.1. The van der Waals surface area contributed by atoms with E-state index in [4.69, 9.17) is 0 Å². The van der Waals surface area contributed by atoms with Gasteiger partial charge in [-0.3, -0.25) is 4.79 Å². The molecule has 0 saturated heterocycles. The van der Waals surface area contributed by atoms with Gasteiger partial charge in [0.15, 0.2) is 6.20 Å². The number of carbonyl (C=O) groups excluding carboxylic acids is 1. The largest absolute Gasteiger partial charge is 0.291 e. The molecule has 0 aliphatic heterocycles. The Morgan fingerprint density at radius 2 is 2.33 bits per heavy atom. The molecule has 0 radical (unpaired) electrons. The monoisotopic (exact) mass is 122 g/mol. The van der Waals surface area contributed by atoms with Crippen molar-refractivity contribution in [3.05, 3.63) is 30.1 Å². The van der Waals surface area contributed by atoms with Crippen LogP contribution in [0.3, 0.4) is 0 Å². The number of aryl methyl sites for hydroxylation is 1. The summed E-state index contributed by atoms with van der Waals surface area (Å²) >= 11 is 0. The summed E-state index contributed by atoms with van der Waals surface area (Å²) in [6.07, 6.45) is 2.67. The molecule has 0 spiro atoms. The molecule has 1 rings (SSSR count). The Balaban J connectivity index is 3.15. The third-order valence-corrected chi connectivity index (χ3v) is 1.22. The van der Waals surface area contributed by atoms with E-state index in [0.29, 0.717) is 5.69 Å². The minimum Gasteiger partial charge on any atom is -0.291 e. The summed E-state index contributed by atoms with van der Waals surface area (Å²) in [7, 11) is 1.84. The number of rotatable bonds is 1. The molecular formula is C7H8NO+. The van der Waals surface area contributed by atoms with Crippen LogP contribution < -0.4 is 4.57 Å². The molecule has 0 fully saturated rings. The van der Waals surface area contributed by atoms with Gasteiger partial charge in [0.05, 0.1) is 0 Å². The van der Waals surface area contributed by atoms with E-state index >= 15 is 0 Å². The van der Waals surface area contributed by atoms with E-state index < -0.39 is 0 Å². The first-order valence-corrected chi connectivity index (χ1v) is 2.74. The van der Waals surface area contributed by atoms with Crippen LogP contribution in [0.1, 0.15) is 10.5 Å². The van der Waals surface area contributed by atoms with Crippen LogP contribution >= 0.6 is 0 Å². The SMILES string of the molecule is C[n+]1ccccc1C=O. The van der Waals surface area contributed by atoms with E-state index in [1.54, 1.807) is 10.6 Å². The summed E-state index contributed by atoms with van der Waals surface area (Å²) < 4.78 is 1.77. The van der Waals surface area contributed by atoms with Crippen molar-refractivity contribution in [2.24, 2.45) is 7.05 Å². The molecule has 0 aliphatic carbocycles. The summed E-state index contributed by atoms with van der Waals surface area (Å²) in [4.78, 5) is 10.2. The average Bonchev–Trinajstić information content (AvgIpc) is 1.89. The molecule has 0 amide bonds. The van der Waals surface area contributed by atoms with E-state index in [1.807, 2.05) is 25.4 Å². The summed E-state index contributed by atoms with van der Waals surface area (Å²) in [5, 5.41) is 0. The van der Waals surface area contributed by atoms with E-state index in [-0.39, 0.29) is 0 Å². The molecule has 0 atom stereocenters. The normalized spacial score (nSPS) is 9.00. The van der Waals surface area contributed by atoms with Crippen LogP contribution in [0.25, 0.3) is 0 Å². The Morgan fingerprint density at radius 1 is 1.56 bits per heavy atom. The maximum absolute atomic E-state index is 10.2. The molecule has 0 N–H and O–H groups in total. The first-order valence-electron chi connectivity index (χ1n) is 2.74. The smallest absolute Gasteiger partial charge is 0.245 e. The third kappa shape index (κ3) is 1.13. The summed E-state index contributed by atoms with van der Waals surface area (Å²) in [5.41, 5.74) is 0.692. The zero-order chi connectivity index (χ0) is 6.69. The molecule has 2 heteroatoms. The van der Waals surface area contributed by atoms with Gasteiger partial charge in [0.1, 0.15) is 7.05 Å². The molecule has 0 saturated carbocycles. The fraction of sp³-hybridized carbons (Fsp3) is 0.143. The lowest BCUT2D eigenvalue weighted by atomic mass is 10.4. The zero-order valence-corrected chi connectivity index (χ0v) is 5.24. The Kier molecular flexibility index (Phi) is 1.58. The minimum atomic E-state index is 0.692. The number of nitrogens with zero attached hydrogens (tertiary/aromatic N) is 1. The maximum Gasteiger partial charge on any atom is 0.245 e. The van der Waals surface area contributed by atoms with Crippen LogP contribution in [-0.2, 0) is 7.05 Å². The minimum absolute atomic E-state index is 0.692. The van der Waals surface area contributed by atoms with Crippen LogP contribution in [0.2, 0.25) is 0 Å². The Bertz CT molecular complexity index is 220. The predicted molar refractivity (Wildman–Crippen MR) is 33.0 cm³/mol. The van der Waals surface area contributed by atoms with Crippen LogP contribution in [0.15, 0.2) is 24.4 Å². The second-order valence-electron chi connectivity index (χ2n) is 1.85. The van der Waals surface area contributed by atoms with E-state index in [2.05, 4.69) is 0 Å². The second kappa shape index (κ2) is 2.40. The molecular weight excluding hydrogens is 114 g/mol. The first-order chi connectivity index (χ1) is 4.34. The average molecular weight is 122 g/mol. The zero-order valence-electron chi connectivity index (χ0n) is 5.24. The highest BCUT2D eigenvalue weighted by Crippen LogP contribution is 1.82. The second-order valence-corrected chi connectivity index (χ2v) is 1.85. The highest BCUT2D eigenvalue weighted by Gasteiger charge is 1.98. The van der Waals surface area contributed by atoms with Crippen molar-refractivity contribution in [1.82, 2.24) is 0 Å². The fourth-order valence-corrected chi connectivity index (χ4v) is 0.659. The Labute approximate surface area is 53.8 Å². The van der Waals surface area contributed by atoms with E-state index in [9.17, 15) is 4.79 Å². The van der Waals surface area contributed by atoms with E-state index in [0.717, 1.165) is 6.29 Å². The predicted octanol–water partition coefficient (Wildman–Crippen LogP) is 0.324. The Hall–Kier alpha value is -1.18. The van der Waals surface area contributed by atoms with Gasteiger partial charge in [-0.15, -0.1) is 0 Å². The number of aromatic nitrogens is 1. The molecule has 46 valence electrons. The molecule has 9 heavy (non-hydrogen) atoms. The van der Waals surface area contributed by atoms with Crippen molar-refractivity contribution < 1.29 is 9.36 Å². The van der Waals surface area contributed by atoms with Crippen molar-refractivity contribution in [3.8, 4) is 0 Å². The van der Waals surface area contributed by atoms with Crippen molar-refractivity contribution in [2.45, 2.75) is 0 Å². The van der Waals surface area contributed by atoms with Gasteiger partial charge in [0.2, 0.25) is 12.0 Å². The van der Waals surface area contributed by atoms with E-state index in [1.165, 1.54) is 0 Å². The van der Waals surface area contributed by atoms with Gasteiger partial charge >= 0.3 is 0 Å². The summed E-state index contributed by atoms with van der Waals surface area (Å²) in [6, 6.07) is 5.49. The maximum atomic E-state index is 10.2. The number of hydrogen-bond donors (Lipinski definition) is 0. The molecule has 0 unspecified atom stereocenters. The first kappa shape index (κ1) is 5.95. The number of carbonyl (C=O) groups is 1. The van der Waals surface area contributed by atoms with Gasteiger partial charge in [-0.2, -0.15) is 4.57 Å². The number of aldehydes is 1. The van der Waals surface area contributed by atoms with Crippen molar-refractivity contribution >= 4 is 6.29 Å². The summed E-state index contributed by atoms with van der Waals surface area (Å²) in [6.45, 7) is 0. The quantitative estimate of drug-likeness (QED) is 0.388. The van der Waals surface area contributed by atoms with Gasteiger partial charge in [0.25, 0.3) is 0 Å². The molecule has 0 bridgehead atoms. The lowest BCUT2D eigenvalue weighted by Gasteiger charge is -1.86. The van der Waals surface area contributed by atoms with Crippen molar-refractivity contribution in [3.63, 3.8) is 0 Å². The van der Waals surface area contributed by atoms with Crippen LogP contribution in [0.5, 0.6) is 0 Å². The number of pyridine rings is 1. The molecule has 0 aliphatic rings. The van der Waals surface area contributed by atoms with Crippen LogP contribution in [0.4, 0.5) is 0 Å². The summed E-state index contributed by atoms with van der Waals surface area (Å²) in [5.74, 6) is 0. The molecule has 1 heterocycles. The van der Waals surface area contributed by atoms with Gasteiger partial charge in [0, 0.05) is 12.1 Å². The molecule has 0 aromatic carbocycles. The molecule has 2 nitrogen and oxygen atoms in total. The van der Waals surface area contributed by atoms with Gasteiger partial charge in [-0.25, -0.2) is 0 Å². The molecule has 1 aromatic heterocycles. The fourth-order valence-electron chi connectivity index (χ4n) is 0.659. The topological polar surface area (TPSA) is 20.9 Å². The van der Waals surface area contributed by atoms with Gasteiger partial charge in [-0.1, -0.05) is 0 Å². The third-order valence-electron chi connectivity index (χ3n) is 1.22. The lowest BCUT2D eigenvalue weighted by molar-refractivity contribution is -0.672. The van der Waals surface area contributed by atoms with Crippen LogP contribution in [-0.4, -0.2) is 6.29 Å². The van der Waals surface area contributed by atoms with Crippen molar-refractivity contribution in [2.75, 3.05) is 0 Å². The molecule has 1 aromatic rings. The highest BCUT2D eigenvalue weighted by molar-refractivity contribution is 5.69. The Morgan fingerprint density at radius 3 is 2.78 bits per heavy atom. The van der Waals surface area contributed by atoms with Gasteiger partial charge in [-0.05, 0) is 6.07 Å². The lowest BCUT2D eigenvalue weighted by Crippen LogP contribution is -2.32. The standard InChI is InChI=1S/C7H8NO/c1-8-5-3-2-4-7(8)6-9/h2-6H,1H3/q+1. The number of hydrogen-bond acceptors (Lipinski definition) is 1.